The van der Waals surface area contributed by atoms with Crippen LogP contribution in [0.15, 0.2) is 0 Å². The van der Waals surface area contributed by atoms with Gasteiger partial charge in [0.25, 0.3) is 5.91 Å². The maximum absolute atomic E-state index is 11.5. The molecule has 0 unspecified atom stereocenters. The van der Waals surface area contributed by atoms with E-state index in [1.165, 1.54) is 0 Å². The lowest BCUT2D eigenvalue weighted by Gasteiger charge is -1.99. The molecule has 0 aliphatic carbocycles. The van der Waals surface area contributed by atoms with E-state index in [-0.39, 0.29) is 12.5 Å². The van der Waals surface area contributed by atoms with Gasteiger partial charge in [-0.2, -0.15) is 0 Å². The maximum Gasteiger partial charge on any atom is 0.265 e. The molecule has 1 N–H and O–H groups in total. The van der Waals surface area contributed by atoms with Crippen LogP contribution in [0.1, 0.15) is 28.7 Å². The number of amides is 1. The van der Waals surface area contributed by atoms with Gasteiger partial charge in [0, 0.05) is 0 Å². The number of rotatable bonds is 4. The molecule has 1 aromatic heterocycles. The number of hydrogen-bond donors (Lipinski definition) is 1. The fourth-order valence-corrected chi connectivity index (χ4v) is 1.62. The Bertz CT molecular complexity index is 353. The molecular formula is C9H11N3OS. The molecule has 0 saturated carbocycles. The summed E-state index contributed by atoms with van der Waals surface area (Å²) in [6.45, 7) is 2.27. The van der Waals surface area contributed by atoms with Crippen LogP contribution in [0.2, 0.25) is 0 Å². The molecule has 14 heavy (non-hydrogen) atoms. The summed E-state index contributed by atoms with van der Waals surface area (Å²) in [5, 5.41) is 6.48. The van der Waals surface area contributed by atoms with Gasteiger partial charge in [0.2, 0.25) is 0 Å². The first kappa shape index (κ1) is 10.7. The summed E-state index contributed by atoms with van der Waals surface area (Å²) in [6, 6.07) is 0. The molecule has 1 heterocycles. The number of carbonyl (C=O) groups is 1. The fraction of sp³-hybridized carbons (Fsp3) is 0.444. The standard InChI is InChI=1S/C9H11N3OS/c1-3-5-7-8(14-12-11-7)9(13)10-6-4-2/h2H,3,5-6H2,1H3,(H,10,13). The highest BCUT2D eigenvalue weighted by Crippen LogP contribution is 2.11. The lowest BCUT2D eigenvalue weighted by atomic mass is 10.2. The first-order valence-electron chi connectivity index (χ1n) is 4.32. The molecule has 0 spiro atoms. The Kier molecular flexibility index (Phi) is 4.08. The second-order valence-electron chi connectivity index (χ2n) is 2.69. The second kappa shape index (κ2) is 5.35. The Balaban J connectivity index is 2.69. The lowest BCUT2D eigenvalue weighted by Crippen LogP contribution is -2.23. The van der Waals surface area contributed by atoms with Crippen LogP contribution < -0.4 is 5.32 Å². The molecule has 0 bridgehead atoms. The summed E-state index contributed by atoms with van der Waals surface area (Å²) < 4.78 is 3.75. The summed E-state index contributed by atoms with van der Waals surface area (Å²) in [5.41, 5.74) is 0.757. The smallest absolute Gasteiger partial charge is 0.265 e. The number of aryl methyl sites for hydroxylation is 1. The van der Waals surface area contributed by atoms with Gasteiger partial charge in [-0.3, -0.25) is 4.79 Å². The van der Waals surface area contributed by atoms with Crippen molar-refractivity contribution in [3.63, 3.8) is 0 Å². The fourth-order valence-electron chi connectivity index (χ4n) is 0.993. The summed E-state index contributed by atoms with van der Waals surface area (Å²) in [4.78, 5) is 12.1. The zero-order valence-electron chi connectivity index (χ0n) is 7.91. The molecule has 0 aliphatic heterocycles. The molecule has 4 nitrogen and oxygen atoms in total. The van der Waals surface area contributed by atoms with Gasteiger partial charge in [-0.25, -0.2) is 0 Å². The number of terminal acetylenes is 1. The SMILES string of the molecule is C#CCNC(=O)c1snnc1CCC. The Morgan fingerprint density at radius 3 is 3.14 bits per heavy atom. The molecule has 0 atom stereocenters. The van der Waals surface area contributed by atoms with E-state index in [0.717, 1.165) is 30.1 Å². The van der Waals surface area contributed by atoms with E-state index in [1.807, 2.05) is 6.92 Å². The van der Waals surface area contributed by atoms with Gasteiger partial charge >= 0.3 is 0 Å². The third-order valence-corrected chi connectivity index (χ3v) is 2.37. The molecule has 0 saturated heterocycles. The molecule has 5 heteroatoms. The van der Waals surface area contributed by atoms with Crippen LogP contribution in [0.25, 0.3) is 0 Å². The minimum atomic E-state index is -0.179. The Morgan fingerprint density at radius 1 is 1.71 bits per heavy atom. The van der Waals surface area contributed by atoms with E-state index in [4.69, 9.17) is 6.42 Å². The number of carbonyl (C=O) groups excluding carboxylic acids is 1. The van der Waals surface area contributed by atoms with Crippen LogP contribution >= 0.6 is 11.5 Å². The van der Waals surface area contributed by atoms with Crippen LogP contribution in [0.5, 0.6) is 0 Å². The average molecular weight is 209 g/mol. The Morgan fingerprint density at radius 2 is 2.50 bits per heavy atom. The van der Waals surface area contributed by atoms with Crippen LogP contribution in [0, 0.1) is 12.3 Å². The first-order chi connectivity index (χ1) is 6.79. The van der Waals surface area contributed by atoms with Crippen molar-refractivity contribution in [1.82, 2.24) is 14.9 Å². The van der Waals surface area contributed by atoms with Crippen molar-refractivity contribution in [1.29, 1.82) is 0 Å². The van der Waals surface area contributed by atoms with Gasteiger partial charge in [0.1, 0.15) is 4.88 Å². The third-order valence-electron chi connectivity index (χ3n) is 1.60. The average Bonchev–Trinajstić information content (AvgIpc) is 2.63. The van der Waals surface area contributed by atoms with Crippen LogP contribution in [-0.4, -0.2) is 22.0 Å². The van der Waals surface area contributed by atoms with Crippen molar-refractivity contribution >= 4 is 17.4 Å². The topological polar surface area (TPSA) is 54.9 Å². The Labute approximate surface area is 86.9 Å². The van der Waals surface area contributed by atoms with Gasteiger partial charge in [0.05, 0.1) is 12.2 Å². The van der Waals surface area contributed by atoms with Crippen molar-refractivity contribution in [2.45, 2.75) is 19.8 Å². The van der Waals surface area contributed by atoms with Crippen molar-refractivity contribution in [2.24, 2.45) is 0 Å². The highest BCUT2D eigenvalue weighted by molar-refractivity contribution is 7.08. The quantitative estimate of drug-likeness (QED) is 0.748. The summed E-state index contributed by atoms with van der Waals surface area (Å²) >= 11 is 1.11. The summed E-state index contributed by atoms with van der Waals surface area (Å²) in [7, 11) is 0. The van der Waals surface area contributed by atoms with Crippen molar-refractivity contribution < 1.29 is 4.79 Å². The van der Waals surface area contributed by atoms with Gasteiger partial charge in [-0.05, 0) is 18.0 Å². The molecule has 1 aromatic rings. The van der Waals surface area contributed by atoms with E-state index in [0.29, 0.717) is 4.88 Å². The molecule has 1 amide bonds. The molecule has 0 aliphatic rings. The summed E-state index contributed by atoms with van der Waals surface area (Å²) in [5.74, 6) is 2.16. The Hall–Kier alpha value is -1.41. The van der Waals surface area contributed by atoms with Gasteiger partial charge in [-0.1, -0.05) is 23.8 Å². The molecular weight excluding hydrogens is 198 g/mol. The van der Waals surface area contributed by atoms with Crippen LogP contribution in [0.4, 0.5) is 0 Å². The zero-order valence-corrected chi connectivity index (χ0v) is 8.73. The monoisotopic (exact) mass is 209 g/mol. The molecule has 0 fully saturated rings. The van der Waals surface area contributed by atoms with Gasteiger partial charge in [-0.15, -0.1) is 11.5 Å². The number of hydrogen-bond acceptors (Lipinski definition) is 4. The van der Waals surface area contributed by atoms with Crippen LogP contribution in [0.3, 0.4) is 0 Å². The number of aromatic nitrogens is 2. The van der Waals surface area contributed by atoms with E-state index in [2.05, 4.69) is 20.8 Å². The minimum absolute atomic E-state index is 0.179. The zero-order chi connectivity index (χ0) is 10.4. The first-order valence-corrected chi connectivity index (χ1v) is 5.09. The van der Waals surface area contributed by atoms with Gasteiger partial charge < -0.3 is 5.32 Å². The molecule has 1 rings (SSSR count). The van der Waals surface area contributed by atoms with E-state index in [1.54, 1.807) is 0 Å². The molecule has 0 aromatic carbocycles. The summed E-state index contributed by atoms with van der Waals surface area (Å²) in [6.07, 6.45) is 6.75. The normalized spacial score (nSPS) is 9.43. The third kappa shape index (κ3) is 2.54. The number of nitrogens with zero attached hydrogens (tertiary/aromatic N) is 2. The van der Waals surface area contributed by atoms with Crippen LogP contribution in [-0.2, 0) is 6.42 Å². The highest BCUT2D eigenvalue weighted by Gasteiger charge is 2.14. The number of nitrogens with one attached hydrogen (secondary N) is 1. The maximum atomic E-state index is 11.5. The predicted molar refractivity (Wildman–Crippen MR) is 55.1 cm³/mol. The lowest BCUT2D eigenvalue weighted by molar-refractivity contribution is 0.0961. The second-order valence-corrected chi connectivity index (χ2v) is 3.44. The highest BCUT2D eigenvalue weighted by atomic mass is 32.1. The largest absolute Gasteiger partial charge is 0.340 e. The van der Waals surface area contributed by atoms with Crippen molar-refractivity contribution in [3.05, 3.63) is 10.6 Å². The molecule has 0 radical (unpaired) electrons. The molecule has 74 valence electrons. The van der Waals surface area contributed by atoms with E-state index in [9.17, 15) is 4.79 Å². The predicted octanol–water partition coefficient (Wildman–Crippen LogP) is 0.854. The van der Waals surface area contributed by atoms with Crippen molar-refractivity contribution in [3.8, 4) is 12.3 Å². The minimum Gasteiger partial charge on any atom is -0.340 e. The van der Waals surface area contributed by atoms with Crippen molar-refractivity contribution in [2.75, 3.05) is 6.54 Å². The van der Waals surface area contributed by atoms with E-state index < -0.39 is 0 Å². The van der Waals surface area contributed by atoms with E-state index >= 15 is 0 Å². The van der Waals surface area contributed by atoms with Gasteiger partial charge in [0.15, 0.2) is 0 Å².